The second-order valence-corrected chi connectivity index (χ2v) is 4.03. The highest BCUT2D eigenvalue weighted by Crippen LogP contribution is 2.22. The zero-order valence-corrected chi connectivity index (χ0v) is 9.31. The van der Waals surface area contributed by atoms with E-state index < -0.39 is 31.0 Å². The van der Waals surface area contributed by atoms with Crippen molar-refractivity contribution in [1.82, 2.24) is 0 Å². The van der Waals surface area contributed by atoms with Crippen LogP contribution in [0.3, 0.4) is 0 Å². The van der Waals surface area contributed by atoms with Crippen LogP contribution >= 0.6 is 11.6 Å². The number of carbonyl (C=O) groups is 1. The van der Waals surface area contributed by atoms with Crippen molar-refractivity contribution in [3.63, 3.8) is 0 Å². The van der Waals surface area contributed by atoms with Crippen molar-refractivity contribution < 1.29 is 20.1 Å². The van der Waals surface area contributed by atoms with Gasteiger partial charge in [0.15, 0.2) is 5.78 Å². The number of halogens is 1. The van der Waals surface area contributed by atoms with Crippen LogP contribution in [0.15, 0.2) is 24.3 Å². The monoisotopic (exact) mass is 244 g/mol. The third-order valence-corrected chi connectivity index (χ3v) is 2.75. The van der Waals surface area contributed by atoms with E-state index in [0.717, 1.165) is 0 Å². The van der Waals surface area contributed by atoms with Crippen LogP contribution in [-0.4, -0.2) is 40.9 Å². The second kappa shape index (κ2) is 5.41. The molecule has 1 aromatic carbocycles. The Bertz CT molecular complexity index is 348. The molecule has 4 nitrogen and oxygen atoms in total. The Morgan fingerprint density at radius 2 is 1.50 bits per heavy atom. The molecule has 0 aliphatic heterocycles. The third kappa shape index (κ3) is 2.41. The lowest BCUT2D eigenvalue weighted by Gasteiger charge is -2.25. The first-order chi connectivity index (χ1) is 7.59. The maximum atomic E-state index is 11.9. The fraction of sp³-hybridized carbons (Fsp3) is 0.364. The Hall–Kier alpha value is -0.940. The van der Waals surface area contributed by atoms with Gasteiger partial charge in [-0.1, -0.05) is 11.6 Å². The molecule has 0 fully saturated rings. The third-order valence-electron chi connectivity index (χ3n) is 2.50. The summed E-state index contributed by atoms with van der Waals surface area (Å²) in [6.45, 7) is -1.83. The summed E-state index contributed by atoms with van der Waals surface area (Å²) < 4.78 is 0. The lowest BCUT2D eigenvalue weighted by Crippen LogP contribution is -2.42. The van der Waals surface area contributed by atoms with Gasteiger partial charge in [-0.3, -0.25) is 4.79 Å². The molecule has 0 atom stereocenters. The number of hydrogen-bond donors (Lipinski definition) is 3. The van der Waals surface area contributed by atoms with Gasteiger partial charge in [0.2, 0.25) is 0 Å². The average molecular weight is 245 g/mol. The Balaban J connectivity index is 3.04. The first kappa shape index (κ1) is 13.1. The molecule has 3 N–H and O–H groups in total. The van der Waals surface area contributed by atoms with Crippen molar-refractivity contribution >= 4 is 17.4 Å². The van der Waals surface area contributed by atoms with Gasteiger partial charge in [-0.2, -0.15) is 0 Å². The van der Waals surface area contributed by atoms with Gasteiger partial charge in [-0.25, -0.2) is 0 Å². The summed E-state index contributed by atoms with van der Waals surface area (Å²) in [6.07, 6.45) is 0. The Kier molecular flexibility index (Phi) is 4.44. The van der Waals surface area contributed by atoms with E-state index in [-0.39, 0.29) is 0 Å². The van der Waals surface area contributed by atoms with Crippen LogP contribution in [0.5, 0.6) is 0 Å². The lowest BCUT2D eigenvalue weighted by molar-refractivity contribution is 0.0127. The first-order valence-electron chi connectivity index (χ1n) is 4.72. The predicted octanol–water partition coefficient (Wildman–Crippen LogP) is 0.486. The predicted molar refractivity (Wildman–Crippen MR) is 59.5 cm³/mol. The number of benzene rings is 1. The fourth-order valence-corrected chi connectivity index (χ4v) is 1.40. The van der Waals surface area contributed by atoms with Gasteiger partial charge in [-0.15, -0.1) is 0 Å². The van der Waals surface area contributed by atoms with E-state index in [2.05, 4.69) is 0 Å². The van der Waals surface area contributed by atoms with Crippen LogP contribution in [0.2, 0.25) is 5.02 Å². The quantitative estimate of drug-likeness (QED) is 0.659. The minimum Gasteiger partial charge on any atom is -0.395 e. The standard InChI is InChI=1S/C11H13ClO4/c12-9-3-1-8(2-4-9)10(16)11(5-13,6-14)7-15/h1-4,13-15H,5-7H2. The average Bonchev–Trinajstić information content (AvgIpc) is 2.33. The number of aliphatic hydroxyl groups is 3. The molecule has 0 aliphatic carbocycles. The summed E-state index contributed by atoms with van der Waals surface area (Å²) in [5.74, 6) is -0.503. The van der Waals surface area contributed by atoms with Crippen molar-refractivity contribution in [3.8, 4) is 0 Å². The van der Waals surface area contributed by atoms with E-state index in [1.165, 1.54) is 24.3 Å². The minimum absolute atomic E-state index is 0.293. The molecule has 0 bridgehead atoms. The minimum atomic E-state index is -1.53. The SMILES string of the molecule is O=C(c1ccc(Cl)cc1)C(CO)(CO)CO. The molecule has 0 spiro atoms. The van der Waals surface area contributed by atoms with Crippen molar-refractivity contribution in [2.24, 2.45) is 5.41 Å². The first-order valence-corrected chi connectivity index (χ1v) is 5.10. The molecular weight excluding hydrogens is 232 g/mol. The molecule has 0 heterocycles. The zero-order valence-electron chi connectivity index (χ0n) is 8.56. The molecule has 16 heavy (non-hydrogen) atoms. The highest BCUT2D eigenvalue weighted by atomic mass is 35.5. The molecule has 0 saturated heterocycles. The molecular formula is C11H13ClO4. The van der Waals surface area contributed by atoms with Crippen LogP contribution in [0, 0.1) is 5.41 Å². The number of ketones is 1. The molecule has 5 heteroatoms. The van der Waals surface area contributed by atoms with Gasteiger partial charge < -0.3 is 15.3 Å². The summed E-state index contributed by atoms with van der Waals surface area (Å²) in [5.41, 5.74) is -1.24. The summed E-state index contributed by atoms with van der Waals surface area (Å²) in [7, 11) is 0. The number of Topliss-reactive ketones (excluding diaryl/α,β-unsaturated/α-hetero) is 1. The Morgan fingerprint density at radius 3 is 1.88 bits per heavy atom. The van der Waals surface area contributed by atoms with Crippen molar-refractivity contribution in [2.45, 2.75) is 0 Å². The number of rotatable bonds is 5. The van der Waals surface area contributed by atoms with Crippen LogP contribution in [0.25, 0.3) is 0 Å². The number of hydrogen-bond acceptors (Lipinski definition) is 4. The van der Waals surface area contributed by atoms with Crippen LogP contribution in [0.1, 0.15) is 10.4 Å². The maximum Gasteiger partial charge on any atom is 0.175 e. The van der Waals surface area contributed by atoms with E-state index in [1.54, 1.807) is 0 Å². The summed E-state index contributed by atoms with van der Waals surface area (Å²) in [4.78, 5) is 11.9. The maximum absolute atomic E-state index is 11.9. The zero-order chi connectivity index (χ0) is 12.2. The van der Waals surface area contributed by atoms with Gasteiger partial charge in [0.1, 0.15) is 5.41 Å². The van der Waals surface area contributed by atoms with Gasteiger partial charge in [0, 0.05) is 10.6 Å². The second-order valence-electron chi connectivity index (χ2n) is 3.59. The van der Waals surface area contributed by atoms with Crippen molar-refractivity contribution in [1.29, 1.82) is 0 Å². The van der Waals surface area contributed by atoms with E-state index >= 15 is 0 Å². The number of carbonyl (C=O) groups excluding carboxylic acids is 1. The topological polar surface area (TPSA) is 77.8 Å². The molecule has 1 aromatic rings. The van der Waals surface area contributed by atoms with Gasteiger partial charge in [0.05, 0.1) is 19.8 Å². The Labute approximate surface area is 98.1 Å². The molecule has 0 aromatic heterocycles. The molecule has 88 valence electrons. The van der Waals surface area contributed by atoms with Gasteiger partial charge in [0.25, 0.3) is 0 Å². The molecule has 1 rings (SSSR count). The normalized spacial score (nSPS) is 11.5. The Morgan fingerprint density at radius 1 is 1.06 bits per heavy atom. The van der Waals surface area contributed by atoms with E-state index in [4.69, 9.17) is 26.9 Å². The molecule has 0 radical (unpaired) electrons. The number of aliphatic hydroxyl groups excluding tert-OH is 3. The summed E-state index contributed by atoms with van der Waals surface area (Å²) >= 11 is 5.67. The molecule has 0 saturated carbocycles. The molecule has 0 amide bonds. The van der Waals surface area contributed by atoms with Gasteiger partial charge in [-0.05, 0) is 24.3 Å². The molecule has 0 aliphatic rings. The smallest absolute Gasteiger partial charge is 0.175 e. The fourth-order valence-electron chi connectivity index (χ4n) is 1.27. The van der Waals surface area contributed by atoms with Crippen LogP contribution in [0.4, 0.5) is 0 Å². The summed E-state index contributed by atoms with van der Waals surface area (Å²) in [6, 6.07) is 6.04. The largest absolute Gasteiger partial charge is 0.395 e. The van der Waals surface area contributed by atoms with Crippen LogP contribution in [-0.2, 0) is 0 Å². The van der Waals surface area contributed by atoms with Crippen molar-refractivity contribution in [3.05, 3.63) is 34.9 Å². The van der Waals surface area contributed by atoms with Crippen molar-refractivity contribution in [2.75, 3.05) is 19.8 Å². The van der Waals surface area contributed by atoms with E-state index in [9.17, 15) is 4.79 Å². The van der Waals surface area contributed by atoms with Gasteiger partial charge >= 0.3 is 0 Å². The highest BCUT2D eigenvalue weighted by molar-refractivity contribution is 6.30. The van der Waals surface area contributed by atoms with Crippen LogP contribution < -0.4 is 0 Å². The highest BCUT2D eigenvalue weighted by Gasteiger charge is 2.37. The summed E-state index contributed by atoms with van der Waals surface area (Å²) in [5, 5.41) is 27.8. The van der Waals surface area contributed by atoms with E-state index in [1.807, 2.05) is 0 Å². The van der Waals surface area contributed by atoms with E-state index in [0.29, 0.717) is 10.6 Å². The molecule has 0 unspecified atom stereocenters. The lowest BCUT2D eigenvalue weighted by atomic mass is 9.82.